The maximum atomic E-state index is 15.7. The number of hydrogen-bond acceptors (Lipinski definition) is 14. The average Bonchev–Trinajstić information content (AvgIpc) is 4.44. The zero-order valence-corrected chi connectivity index (χ0v) is 51.3. The van der Waals surface area contributed by atoms with E-state index in [4.69, 9.17) is 18.9 Å². The molecule has 6 heterocycles. The molecule has 2 amide bonds. The fraction of sp³-hybridized carbons (Fsp3) is 0.639. The largest absolute Gasteiger partial charge is 0.540 e. The summed E-state index contributed by atoms with van der Waals surface area (Å²) in [6.07, 6.45) is 5.19. The first-order valence-electron chi connectivity index (χ1n) is 28.5. The molecule has 22 heteroatoms. The van der Waals surface area contributed by atoms with Crippen LogP contribution in [0.25, 0.3) is 22.1 Å². The van der Waals surface area contributed by atoms with Crippen molar-refractivity contribution in [3.05, 3.63) is 59.9 Å². The van der Waals surface area contributed by atoms with E-state index in [-0.39, 0.29) is 111 Å². The minimum Gasteiger partial charge on any atom is -0.540 e. The monoisotopic (exact) mass is 1230 g/mol. The zero-order valence-electron chi connectivity index (χ0n) is 48.5. The molecular formula is C61H74F4N6O10V2-2. The number of esters is 2. The molecule has 0 spiro atoms. The molecular weight excluding hydrogens is 1150 g/mol. The third-order valence-electron chi connectivity index (χ3n) is 17.6. The zero-order chi connectivity index (χ0) is 58.6. The molecule has 0 unspecified atom stereocenters. The van der Waals surface area contributed by atoms with Crippen molar-refractivity contribution in [2.24, 2.45) is 46.3 Å². The van der Waals surface area contributed by atoms with Gasteiger partial charge in [0.15, 0.2) is 11.4 Å². The second-order valence-corrected chi connectivity index (χ2v) is 25.7. The van der Waals surface area contributed by atoms with Gasteiger partial charge < -0.3 is 38.3 Å². The van der Waals surface area contributed by atoms with E-state index in [0.29, 0.717) is 60.6 Å². The van der Waals surface area contributed by atoms with Gasteiger partial charge in [0.05, 0.1) is 59.8 Å². The molecule has 448 valence electrons. The van der Waals surface area contributed by atoms with E-state index < -0.39 is 118 Å². The van der Waals surface area contributed by atoms with Crippen LogP contribution in [-0.2, 0) is 87.2 Å². The van der Waals surface area contributed by atoms with Crippen LogP contribution in [0.3, 0.4) is 0 Å². The average molecular weight is 1230 g/mol. The normalized spacial score (nSPS) is 31.2. The molecule has 2 saturated carbocycles. The van der Waals surface area contributed by atoms with Gasteiger partial charge in [0, 0.05) is 55.9 Å². The number of aromatic nitrogens is 4. The smallest absolute Gasteiger partial charge is 0.307 e. The molecule has 10 rings (SSSR count). The van der Waals surface area contributed by atoms with Crippen LogP contribution in [-0.4, -0.2) is 115 Å². The van der Waals surface area contributed by atoms with Crippen molar-refractivity contribution in [2.45, 2.75) is 187 Å². The summed E-state index contributed by atoms with van der Waals surface area (Å²) in [4.78, 5) is 98.1. The van der Waals surface area contributed by atoms with E-state index in [9.17, 15) is 28.8 Å². The molecule has 4 aliphatic heterocycles. The maximum absolute atomic E-state index is 15.7. The molecule has 2 radical (unpaired) electrons. The summed E-state index contributed by atoms with van der Waals surface area (Å²) in [5, 5.41) is 0. The third kappa shape index (κ3) is 14.4. The summed E-state index contributed by atoms with van der Waals surface area (Å²) in [6, 6.07) is 11.6. The summed E-state index contributed by atoms with van der Waals surface area (Å²) >= 11 is 0. The van der Waals surface area contributed by atoms with E-state index >= 15 is 17.6 Å². The van der Waals surface area contributed by atoms with Gasteiger partial charge in [-0.1, -0.05) is 105 Å². The molecule has 4 fully saturated rings. The molecule has 6 aliphatic rings. The molecule has 2 aliphatic carbocycles. The van der Waals surface area contributed by atoms with E-state index in [1.165, 1.54) is 9.80 Å². The topological polar surface area (TPSA) is 197 Å². The fourth-order valence-corrected chi connectivity index (χ4v) is 12.0. The first kappa shape index (κ1) is 65.4. The molecule has 2 aromatic heterocycles. The van der Waals surface area contributed by atoms with Crippen LogP contribution in [0.5, 0.6) is 11.8 Å². The minimum atomic E-state index is -3.32. The molecule has 83 heavy (non-hydrogen) atoms. The number of nitrogens with zero attached hydrogens (tertiary/aromatic N) is 6. The van der Waals surface area contributed by atoms with E-state index in [0.717, 1.165) is 0 Å². The molecule has 16 nitrogen and oxygen atoms in total. The molecule has 2 aromatic carbocycles. The second kappa shape index (κ2) is 25.4. The van der Waals surface area contributed by atoms with Crippen LogP contribution in [0.15, 0.2) is 48.5 Å². The van der Waals surface area contributed by atoms with Gasteiger partial charge in [0.25, 0.3) is 11.8 Å². The number of carbonyl (C=O) groups is 4. The van der Waals surface area contributed by atoms with Gasteiger partial charge in [-0.25, -0.2) is 32.5 Å². The van der Waals surface area contributed by atoms with Crippen molar-refractivity contribution in [1.82, 2.24) is 29.7 Å². The maximum Gasteiger partial charge on any atom is 0.307 e. The van der Waals surface area contributed by atoms with Gasteiger partial charge in [0.1, 0.15) is 23.9 Å². The quantitative estimate of drug-likeness (QED) is 0.104. The molecule has 4 aromatic rings. The first-order valence-corrected chi connectivity index (χ1v) is 28.5. The number of amides is 2. The van der Waals surface area contributed by atoms with Crippen molar-refractivity contribution in [3.63, 3.8) is 0 Å². The summed E-state index contributed by atoms with van der Waals surface area (Å²) in [7, 11) is 0. The number of carbonyl (C=O) groups excluding carboxylic acids is 6. The second-order valence-electron chi connectivity index (χ2n) is 25.7. The van der Waals surface area contributed by atoms with Crippen molar-refractivity contribution < 1.29 is 102 Å². The summed E-state index contributed by atoms with van der Waals surface area (Å²) < 4.78 is 86.5. The van der Waals surface area contributed by atoms with Gasteiger partial charge in [-0.2, -0.15) is 17.6 Å². The number of halogens is 4. The molecule has 4 bridgehead atoms. The van der Waals surface area contributed by atoms with Crippen LogP contribution in [0.2, 0.25) is 0 Å². The number of rotatable bonds is 2. The Morgan fingerprint density at radius 3 is 1.41 bits per heavy atom. The SMILES string of the molecule is C[C@@H]1[C@@H]2CN(C(=O)[C@H](C(C)(C)C)CC(=O)O[C@@H]3C[C@H]3CCCCC(F)(F)c3nc4ccccc4nc3O2)[C@@H]1[C-]=O.C[C@@H]1[C@@H]2CN(C(=O)[C@H](C(C)(C)C)CC(=O)O[C@]3(C)C[C@H]3CCCCC(F)(F)c3nc4ccccc4nc3O2)[C@@H]1[C-]=O.[V].[V]. The van der Waals surface area contributed by atoms with Gasteiger partial charge in [-0.05, 0) is 98.3 Å². The van der Waals surface area contributed by atoms with E-state index in [1.54, 1.807) is 62.4 Å². The Morgan fingerprint density at radius 1 is 0.578 bits per heavy atom. The van der Waals surface area contributed by atoms with Gasteiger partial charge in [-0.15, -0.1) is 0 Å². The number of para-hydroxylation sites is 4. The molecule has 12 atom stereocenters. The van der Waals surface area contributed by atoms with Crippen LogP contribution in [0.4, 0.5) is 17.6 Å². The van der Waals surface area contributed by atoms with E-state index in [1.807, 2.05) is 61.0 Å². The predicted molar refractivity (Wildman–Crippen MR) is 289 cm³/mol. The van der Waals surface area contributed by atoms with Gasteiger partial charge in [-0.3, -0.25) is 19.2 Å². The third-order valence-corrected chi connectivity index (χ3v) is 17.6. The van der Waals surface area contributed by atoms with Crippen molar-refractivity contribution in [2.75, 3.05) is 13.1 Å². The number of hydrogen-bond donors (Lipinski definition) is 0. The van der Waals surface area contributed by atoms with Crippen LogP contribution < -0.4 is 9.47 Å². The number of benzene rings is 2. The molecule has 0 N–H and O–H groups in total. The summed E-state index contributed by atoms with van der Waals surface area (Å²) in [6.45, 7) is 16.4. The predicted octanol–water partition coefficient (Wildman–Crippen LogP) is 10.4. The van der Waals surface area contributed by atoms with Crippen molar-refractivity contribution >= 4 is 58.4 Å². The minimum absolute atomic E-state index is 0. The van der Waals surface area contributed by atoms with E-state index in [2.05, 4.69) is 19.9 Å². The Bertz CT molecular complexity index is 3050. The summed E-state index contributed by atoms with van der Waals surface area (Å²) in [5.74, 6) is -11.4. The number of ether oxygens (including phenoxy) is 4. The van der Waals surface area contributed by atoms with Crippen LogP contribution >= 0.6 is 0 Å². The van der Waals surface area contributed by atoms with Gasteiger partial charge in [0.2, 0.25) is 23.6 Å². The van der Waals surface area contributed by atoms with Gasteiger partial charge >= 0.3 is 11.9 Å². The Hall–Kier alpha value is -5.17. The Morgan fingerprint density at radius 2 is 0.988 bits per heavy atom. The van der Waals surface area contributed by atoms with Crippen LogP contribution in [0, 0.1) is 46.3 Å². The van der Waals surface area contributed by atoms with Crippen molar-refractivity contribution in [3.8, 4) is 11.8 Å². The van der Waals surface area contributed by atoms with Crippen molar-refractivity contribution in [1.29, 1.82) is 0 Å². The Labute approximate surface area is 506 Å². The number of alkyl halides is 4. The Balaban J connectivity index is 0.000000233. The first-order chi connectivity index (χ1) is 38.1. The number of fused-ring (bicyclic) bond motifs is 10. The Kier molecular flexibility index (Phi) is 20.0. The standard InChI is InChI=1S/C31H38F2N3O5.C30H36F2N3O5.2V/c1-18-23(17-37)36-16-24(18)40-27-26(34-21-11-6-7-12-22(21)35-27)31(32,33)13-9-8-10-19-15-30(19,5)41-25(38)14-20(28(36)39)29(2,3)4;1-17-22(16-36)35-15-24(17)40-27-26(33-20-10-5-6-11-21(20)34-27)30(31,32)12-8-7-9-18-13-23(18)39-25(37)14-19(28(35)38)29(2,3)4;;/h6-7,11-12,18-20,23-24H,8-10,13-16H2,1-5H3;5-6,10-11,17-19,22-24H,7-9,12-15H2,1-4H3;;/q2*-1;;/t18-,19+,20+,23+,24-,30+;17-,18+,19+,22+,23+,24-;;/m00../s1. The van der Waals surface area contributed by atoms with Crippen LogP contribution in [0.1, 0.15) is 151 Å². The fourth-order valence-electron chi connectivity index (χ4n) is 12.0. The summed E-state index contributed by atoms with van der Waals surface area (Å²) in [5.41, 5.74) is -1.49. The molecule has 2 saturated heterocycles.